The summed E-state index contributed by atoms with van der Waals surface area (Å²) in [5, 5.41) is 21.9. The lowest BCUT2D eigenvalue weighted by Crippen LogP contribution is -2.34. The van der Waals surface area contributed by atoms with E-state index >= 15 is 0 Å². The van der Waals surface area contributed by atoms with Crippen LogP contribution < -0.4 is 10.2 Å². The van der Waals surface area contributed by atoms with Crippen LogP contribution in [0.25, 0.3) is 10.9 Å². The van der Waals surface area contributed by atoms with Crippen LogP contribution in [0.1, 0.15) is 10.5 Å². The Hall–Kier alpha value is -2.30. The Kier molecular flexibility index (Phi) is 1.93. The monoisotopic (exact) mass is 203 g/mol. The highest BCUT2D eigenvalue weighted by molar-refractivity contribution is 5.99. The van der Waals surface area contributed by atoms with E-state index in [0.717, 1.165) is 0 Å². The SMILES string of the molecule is O=C([O-])c1cc2ccccc2n1C(=O)[O-]. The molecule has 0 spiro atoms. The number of carbonyl (C=O) groups is 2. The molecular formula is C10H5NO4-2. The van der Waals surface area contributed by atoms with Crippen LogP contribution in [0, 0.1) is 0 Å². The molecule has 0 N–H and O–H groups in total. The Morgan fingerprint density at radius 1 is 1.13 bits per heavy atom. The maximum Gasteiger partial charge on any atom is 0.146 e. The predicted octanol–water partition coefficient (Wildman–Crippen LogP) is -0.804. The van der Waals surface area contributed by atoms with Crippen LogP contribution in [-0.4, -0.2) is 16.6 Å². The fourth-order valence-electron chi connectivity index (χ4n) is 1.50. The summed E-state index contributed by atoms with van der Waals surface area (Å²) in [5.74, 6) is -1.55. The Morgan fingerprint density at radius 2 is 1.80 bits per heavy atom. The van der Waals surface area contributed by atoms with Gasteiger partial charge in [0.1, 0.15) is 6.09 Å². The average Bonchev–Trinajstić information content (AvgIpc) is 2.56. The molecule has 0 radical (unpaired) electrons. The molecule has 76 valence electrons. The summed E-state index contributed by atoms with van der Waals surface area (Å²) in [6.45, 7) is 0. The molecule has 2 rings (SSSR count). The number of nitrogens with zero attached hydrogens (tertiary/aromatic N) is 1. The molecule has 5 nitrogen and oxygen atoms in total. The second-order valence-electron chi connectivity index (χ2n) is 2.98. The summed E-state index contributed by atoms with van der Waals surface area (Å²) in [6, 6.07) is 7.64. The van der Waals surface area contributed by atoms with Gasteiger partial charge in [-0.1, -0.05) is 18.2 Å². The number of rotatable bonds is 1. The molecule has 0 bridgehead atoms. The van der Waals surface area contributed by atoms with Crippen LogP contribution in [0.2, 0.25) is 0 Å². The molecule has 0 aliphatic heterocycles. The van der Waals surface area contributed by atoms with Crippen molar-refractivity contribution in [2.75, 3.05) is 0 Å². The van der Waals surface area contributed by atoms with Crippen LogP contribution in [0.15, 0.2) is 30.3 Å². The molecule has 0 aliphatic rings. The number of hydrogen-bond donors (Lipinski definition) is 0. The number of carbonyl (C=O) groups excluding carboxylic acids is 2. The zero-order valence-corrected chi connectivity index (χ0v) is 7.47. The molecule has 15 heavy (non-hydrogen) atoms. The first-order valence-corrected chi connectivity index (χ1v) is 4.14. The molecular weight excluding hydrogens is 198 g/mol. The number of para-hydroxylation sites is 1. The molecule has 0 fully saturated rings. The number of fused-ring (bicyclic) bond motifs is 1. The van der Waals surface area contributed by atoms with Crippen LogP contribution >= 0.6 is 0 Å². The van der Waals surface area contributed by atoms with Crippen molar-refractivity contribution in [2.24, 2.45) is 0 Å². The van der Waals surface area contributed by atoms with Crippen molar-refractivity contribution in [1.29, 1.82) is 0 Å². The Morgan fingerprint density at radius 3 is 2.40 bits per heavy atom. The molecule has 2 aromatic rings. The van der Waals surface area contributed by atoms with Gasteiger partial charge in [0.05, 0.1) is 17.2 Å². The summed E-state index contributed by atoms with van der Waals surface area (Å²) < 4.78 is 0.588. The van der Waals surface area contributed by atoms with Gasteiger partial charge in [0.15, 0.2) is 0 Å². The van der Waals surface area contributed by atoms with Gasteiger partial charge in [0.25, 0.3) is 0 Å². The highest BCUT2D eigenvalue weighted by atomic mass is 16.4. The van der Waals surface area contributed by atoms with Crippen molar-refractivity contribution in [3.05, 3.63) is 36.0 Å². The topological polar surface area (TPSA) is 85.2 Å². The van der Waals surface area contributed by atoms with Gasteiger partial charge < -0.3 is 19.8 Å². The summed E-state index contributed by atoms with van der Waals surface area (Å²) >= 11 is 0. The second-order valence-corrected chi connectivity index (χ2v) is 2.98. The third-order valence-electron chi connectivity index (χ3n) is 2.10. The predicted molar refractivity (Wildman–Crippen MR) is 47.1 cm³/mol. The molecule has 1 aromatic heterocycles. The number of aromatic carboxylic acids is 1. The first kappa shape index (κ1) is 9.26. The van der Waals surface area contributed by atoms with E-state index in [4.69, 9.17) is 0 Å². The quantitative estimate of drug-likeness (QED) is 0.607. The average molecular weight is 203 g/mol. The molecule has 1 aromatic carbocycles. The smallest absolute Gasteiger partial charge is 0.146 e. The molecule has 0 unspecified atom stereocenters. The minimum Gasteiger partial charge on any atom is -0.543 e. The lowest BCUT2D eigenvalue weighted by molar-refractivity contribution is -0.260. The summed E-state index contributed by atoms with van der Waals surface area (Å²) in [4.78, 5) is 21.4. The number of carboxylic acid groups (broad SMARTS) is 2. The molecule has 0 atom stereocenters. The molecule has 0 saturated heterocycles. The molecule has 0 saturated carbocycles. The highest BCUT2D eigenvalue weighted by Crippen LogP contribution is 2.18. The van der Waals surface area contributed by atoms with Gasteiger partial charge in [-0.2, -0.15) is 0 Å². The normalized spacial score (nSPS) is 10.4. The van der Waals surface area contributed by atoms with E-state index < -0.39 is 17.8 Å². The van der Waals surface area contributed by atoms with Crippen molar-refractivity contribution in [2.45, 2.75) is 0 Å². The standard InChI is InChI=1S/C10H7NO4/c12-9(13)8-5-6-3-1-2-4-7(6)11(8)10(14)15/h1-5H,(H,12,13)(H,14,15)/p-2. The Balaban J connectivity index is 2.86. The van der Waals surface area contributed by atoms with Crippen molar-refractivity contribution in [3.8, 4) is 0 Å². The highest BCUT2D eigenvalue weighted by Gasteiger charge is 2.09. The van der Waals surface area contributed by atoms with E-state index in [1.807, 2.05) is 0 Å². The van der Waals surface area contributed by atoms with Crippen LogP contribution in [0.5, 0.6) is 0 Å². The van der Waals surface area contributed by atoms with E-state index in [9.17, 15) is 19.8 Å². The second kappa shape index (κ2) is 3.13. The summed E-state index contributed by atoms with van der Waals surface area (Å²) in [5.41, 5.74) is -0.145. The van der Waals surface area contributed by atoms with Gasteiger partial charge in [0, 0.05) is 5.39 Å². The third kappa shape index (κ3) is 1.34. The maximum absolute atomic E-state index is 10.8. The maximum atomic E-state index is 10.8. The first-order chi connectivity index (χ1) is 7.11. The number of benzene rings is 1. The lowest BCUT2D eigenvalue weighted by Gasteiger charge is -2.10. The molecule has 0 amide bonds. The Bertz CT molecular complexity index is 556. The minimum atomic E-state index is -1.59. The zero-order chi connectivity index (χ0) is 11.0. The van der Waals surface area contributed by atoms with Crippen LogP contribution in [0.3, 0.4) is 0 Å². The van der Waals surface area contributed by atoms with E-state index in [1.54, 1.807) is 18.2 Å². The fraction of sp³-hybridized carbons (Fsp3) is 0. The number of carboxylic acids is 1. The number of aromatic nitrogens is 1. The first-order valence-electron chi connectivity index (χ1n) is 4.14. The van der Waals surface area contributed by atoms with E-state index in [-0.39, 0.29) is 5.52 Å². The zero-order valence-electron chi connectivity index (χ0n) is 7.47. The van der Waals surface area contributed by atoms with E-state index in [0.29, 0.717) is 9.95 Å². The van der Waals surface area contributed by atoms with Crippen LogP contribution in [0.4, 0.5) is 4.79 Å². The van der Waals surface area contributed by atoms with Crippen molar-refractivity contribution in [1.82, 2.24) is 4.57 Å². The fourth-order valence-corrected chi connectivity index (χ4v) is 1.50. The number of hydrogen-bond acceptors (Lipinski definition) is 4. The van der Waals surface area contributed by atoms with E-state index in [1.165, 1.54) is 12.1 Å². The van der Waals surface area contributed by atoms with Crippen molar-refractivity contribution in [3.63, 3.8) is 0 Å². The molecule has 0 aliphatic carbocycles. The van der Waals surface area contributed by atoms with Gasteiger partial charge in [-0.05, 0) is 12.1 Å². The van der Waals surface area contributed by atoms with E-state index in [2.05, 4.69) is 0 Å². The third-order valence-corrected chi connectivity index (χ3v) is 2.10. The van der Waals surface area contributed by atoms with Gasteiger partial charge in [-0.3, -0.25) is 4.57 Å². The van der Waals surface area contributed by atoms with Gasteiger partial charge >= 0.3 is 0 Å². The van der Waals surface area contributed by atoms with Gasteiger partial charge in [-0.25, -0.2) is 0 Å². The van der Waals surface area contributed by atoms with Crippen molar-refractivity contribution >= 4 is 23.0 Å². The summed E-state index contributed by atoms with van der Waals surface area (Å²) in [7, 11) is 0. The largest absolute Gasteiger partial charge is 0.543 e. The van der Waals surface area contributed by atoms with Crippen molar-refractivity contribution < 1.29 is 19.8 Å². The molecule has 5 heteroatoms. The Labute approximate surface area is 84.2 Å². The summed E-state index contributed by atoms with van der Waals surface area (Å²) in [6.07, 6.45) is -1.59. The minimum absolute atomic E-state index is 0.275. The molecule has 1 heterocycles. The van der Waals surface area contributed by atoms with Gasteiger partial charge in [-0.15, -0.1) is 0 Å². The van der Waals surface area contributed by atoms with Crippen LogP contribution in [-0.2, 0) is 0 Å². The van der Waals surface area contributed by atoms with Gasteiger partial charge in [0.2, 0.25) is 0 Å². The lowest BCUT2D eigenvalue weighted by atomic mass is 10.2.